The minimum Gasteiger partial charge on any atom is -0.451 e. The van der Waals surface area contributed by atoms with Crippen molar-refractivity contribution in [2.24, 2.45) is 0 Å². The van der Waals surface area contributed by atoms with Crippen molar-refractivity contribution < 1.29 is 60.7 Å². The molecule has 9 aromatic carbocycles. The Balaban J connectivity index is 1.24. The van der Waals surface area contributed by atoms with Crippen LogP contribution in [0.2, 0.25) is 10.0 Å². The number of fused-ring (bicyclic) bond motifs is 6. The molecule has 0 unspecified atom stereocenters. The van der Waals surface area contributed by atoms with Gasteiger partial charge in [-0.2, -0.15) is 33.7 Å². The van der Waals surface area contributed by atoms with Crippen LogP contribution in [0.25, 0.3) is 109 Å². The van der Waals surface area contributed by atoms with Gasteiger partial charge in [0.15, 0.2) is 22.3 Å². The average Bonchev–Trinajstić information content (AvgIpc) is 3.17. The highest BCUT2D eigenvalue weighted by Crippen LogP contribution is 2.47. The molecule has 0 aliphatic heterocycles. The molecule has 2 heterocycles. The van der Waals surface area contributed by atoms with Gasteiger partial charge in [0.25, 0.3) is 40.5 Å². The van der Waals surface area contributed by atoms with Crippen molar-refractivity contribution in [1.29, 1.82) is 0 Å². The molecule has 11 rings (SSSR count). The standard InChI is InChI=1S/C38H16Cl2N2O14S4/c39-31-36-38(56-22-10-14-2-4-16-24(58(46,47)48)12-26(60(52,53)54)18-6-8-20(34(22)42-36)28(14)30(16)18)32(40)35-37(31)55-21-9-13-1-3-15-23(57(43,44)45)11-25(59(49,50)51)17-5-7-19(33(21)41-35)27(13)29(15)17/h1-12H,(H,43,44,45)(H,46,47,48)(H,49,50,51)(H,52,53,54). The van der Waals surface area contributed by atoms with Crippen molar-refractivity contribution in [3.63, 3.8) is 0 Å². The molecule has 11 aromatic rings. The molecule has 0 atom stereocenters. The van der Waals surface area contributed by atoms with E-state index in [4.69, 9.17) is 42.0 Å². The summed E-state index contributed by atoms with van der Waals surface area (Å²) in [4.78, 5) is 6.66. The Bertz CT molecular complexity index is 3990. The van der Waals surface area contributed by atoms with Crippen LogP contribution >= 0.6 is 23.2 Å². The van der Waals surface area contributed by atoms with Gasteiger partial charge in [-0.15, -0.1) is 0 Å². The third kappa shape index (κ3) is 5.02. The van der Waals surface area contributed by atoms with E-state index in [9.17, 15) is 51.9 Å². The van der Waals surface area contributed by atoms with Crippen molar-refractivity contribution in [2.75, 3.05) is 0 Å². The predicted molar refractivity (Wildman–Crippen MR) is 222 cm³/mol. The molecular weight excluding hydrogens is 908 g/mol. The molecule has 0 fully saturated rings. The Labute approximate surface area is 343 Å². The van der Waals surface area contributed by atoms with Gasteiger partial charge in [-0.3, -0.25) is 18.2 Å². The summed E-state index contributed by atoms with van der Waals surface area (Å²) >= 11 is 14.0. The zero-order valence-corrected chi connectivity index (χ0v) is 33.9. The van der Waals surface area contributed by atoms with Crippen molar-refractivity contribution in [3.05, 3.63) is 82.8 Å². The average molecular weight is 924 g/mol. The fraction of sp³-hybridized carbons (Fsp3) is 0. The zero-order valence-electron chi connectivity index (χ0n) is 29.1. The minimum absolute atomic E-state index is 0.00648. The lowest BCUT2D eigenvalue weighted by atomic mass is 9.93. The van der Waals surface area contributed by atoms with E-state index in [0.717, 1.165) is 0 Å². The highest BCUT2D eigenvalue weighted by atomic mass is 35.5. The number of benzene rings is 9. The van der Waals surface area contributed by atoms with Gasteiger partial charge in [0, 0.05) is 43.1 Å². The second-order valence-corrected chi connectivity index (χ2v) is 20.3. The van der Waals surface area contributed by atoms with E-state index in [2.05, 4.69) is 0 Å². The van der Waals surface area contributed by atoms with E-state index < -0.39 is 60.1 Å². The van der Waals surface area contributed by atoms with E-state index >= 15 is 0 Å². The first-order valence-electron chi connectivity index (χ1n) is 16.9. The summed E-state index contributed by atoms with van der Waals surface area (Å²) in [6, 6.07) is 16.0. The van der Waals surface area contributed by atoms with Crippen LogP contribution in [0.4, 0.5) is 0 Å². The van der Waals surface area contributed by atoms with E-state index in [1.54, 1.807) is 12.1 Å². The van der Waals surface area contributed by atoms with E-state index in [1.165, 1.54) is 48.5 Å². The summed E-state index contributed by atoms with van der Waals surface area (Å²) < 4.78 is 153. The summed E-state index contributed by atoms with van der Waals surface area (Å²) in [5.41, 5.74) is 0.607. The molecule has 0 spiro atoms. The topological polar surface area (TPSA) is 270 Å². The molecule has 16 nitrogen and oxygen atoms in total. The highest BCUT2D eigenvalue weighted by molar-refractivity contribution is 7.87. The molecule has 60 heavy (non-hydrogen) atoms. The van der Waals surface area contributed by atoms with Gasteiger partial charge in [0.1, 0.15) is 51.7 Å². The lowest BCUT2D eigenvalue weighted by Gasteiger charge is -2.17. The normalized spacial score (nSPS) is 13.7. The van der Waals surface area contributed by atoms with Crippen LogP contribution < -0.4 is 0 Å². The van der Waals surface area contributed by atoms with Gasteiger partial charge in [0.05, 0.1) is 0 Å². The molecule has 0 saturated carbocycles. The predicted octanol–water partition coefficient (Wildman–Crippen LogP) is 8.93. The second-order valence-electron chi connectivity index (χ2n) is 14.0. The lowest BCUT2D eigenvalue weighted by Crippen LogP contribution is -2.06. The van der Waals surface area contributed by atoms with Gasteiger partial charge >= 0.3 is 0 Å². The molecule has 0 amide bonds. The monoisotopic (exact) mass is 922 g/mol. The van der Waals surface area contributed by atoms with Gasteiger partial charge in [-0.05, 0) is 45.8 Å². The van der Waals surface area contributed by atoms with E-state index in [-0.39, 0.29) is 86.8 Å². The summed E-state index contributed by atoms with van der Waals surface area (Å²) in [6.07, 6.45) is 0. The number of halogens is 2. The Morgan fingerprint density at radius 2 is 0.700 bits per heavy atom. The Morgan fingerprint density at radius 3 is 1.02 bits per heavy atom. The number of rotatable bonds is 4. The summed E-state index contributed by atoms with van der Waals surface area (Å²) in [5.74, 6) is 0. The van der Waals surface area contributed by atoms with Gasteiger partial charge < -0.3 is 8.83 Å². The molecule has 0 bridgehead atoms. The Kier molecular flexibility index (Phi) is 7.27. The maximum atomic E-state index is 12.5. The molecule has 0 saturated heterocycles. The third-order valence-corrected chi connectivity index (χ3v) is 15.0. The first kappa shape index (κ1) is 37.5. The van der Waals surface area contributed by atoms with Gasteiger partial charge in [-0.1, -0.05) is 71.7 Å². The Morgan fingerprint density at radius 1 is 0.400 bits per heavy atom. The van der Waals surface area contributed by atoms with Crippen LogP contribution in [-0.4, -0.2) is 61.9 Å². The molecule has 0 aliphatic rings. The van der Waals surface area contributed by atoms with Crippen LogP contribution in [0.15, 0.2) is 101 Å². The van der Waals surface area contributed by atoms with Crippen molar-refractivity contribution in [2.45, 2.75) is 19.6 Å². The van der Waals surface area contributed by atoms with Crippen LogP contribution in [0.3, 0.4) is 0 Å². The van der Waals surface area contributed by atoms with Crippen LogP contribution in [0.5, 0.6) is 0 Å². The highest BCUT2D eigenvalue weighted by Gasteiger charge is 2.29. The van der Waals surface area contributed by atoms with Gasteiger partial charge in [0.2, 0.25) is 0 Å². The molecule has 300 valence electrons. The number of nitrogens with zero attached hydrogens (tertiary/aromatic N) is 2. The Hall–Kier alpha value is -5.52. The maximum absolute atomic E-state index is 12.5. The van der Waals surface area contributed by atoms with Crippen molar-refractivity contribution >= 4 is 173 Å². The van der Waals surface area contributed by atoms with E-state index in [1.807, 2.05) is 0 Å². The summed E-state index contributed by atoms with van der Waals surface area (Å²) in [5, 5.41) is 2.09. The number of hydrogen-bond donors (Lipinski definition) is 4. The first-order valence-corrected chi connectivity index (χ1v) is 23.4. The van der Waals surface area contributed by atoms with Gasteiger partial charge in [-0.25, -0.2) is 9.97 Å². The van der Waals surface area contributed by atoms with Crippen LogP contribution in [0.1, 0.15) is 0 Å². The number of hydrogen-bond acceptors (Lipinski definition) is 12. The summed E-state index contributed by atoms with van der Waals surface area (Å²) in [6.45, 7) is 0. The van der Waals surface area contributed by atoms with Crippen LogP contribution in [-0.2, 0) is 40.5 Å². The molecule has 4 N–H and O–H groups in total. The minimum atomic E-state index is -4.99. The van der Waals surface area contributed by atoms with Crippen molar-refractivity contribution in [1.82, 2.24) is 9.97 Å². The smallest absolute Gasteiger partial charge is 0.295 e. The van der Waals surface area contributed by atoms with Crippen molar-refractivity contribution in [3.8, 4) is 0 Å². The third-order valence-electron chi connectivity index (χ3n) is 10.7. The van der Waals surface area contributed by atoms with Crippen LogP contribution in [0, 0.1) is 0 Å². The maximum Gasteiger partial charge on any atom is 0.295 e. The number of aromatic nitrogens is 2. The lowest BCUT2D eigenvalue weighted by molar-refractivity contribution is 0.478. The molecular formula is C38H16Cl2N2O14S4. The van der Waals surface area contributed by atoms with E-state index in [0.29, 0.717) is 44.5 Å². The molecule has 22 heteroatoms. The quantitative estimate of drug-likeness (QED) is 0.0728. The zero-order chi connectivity index (χ0) is 42.3. The first-order chi connectivity index (χ1) is 28.1. The summed E-state index contributed by atoms with van der Waals surface area (Å²) in [7, 11) is -20.0. The molecule has 0 radical (unpaired) electrons. The fourth-order valence-electron chi connectivity index (χ4n) is 8.43. The fourth-order valence-corrected chi connectivity index (χ4v) is 11.9. The second kappa shape index (κ2) is 11.6. The largest absolute Gasteiger partial charge is 0.451 e. The SMILES string of the molecule is O=S(=O)(O)c1cc(S(=O)(=O)O)c2ccc3c4nc5c(Cl)c6oc7cc8ccc9c(S(=O)(=O)O)cc(S(=O)(=O)O)c%10ccc(c7nc6c(Cl)c5oc4cc4ccc1c2c43)c8c9%10. The molecule has 2 aromatic heterocycles. The molecule has 0 aliphatic carbocycles.